The molecule has 0 aliphatic carbocycles. The minimum atomic E-state index is -0.187. The zero-order valence-electron chi connectivity index (χ0n) is 17.1. The van der Waals surface area contributed by atoms with Gasteiger partial charge in [0.2, 0.25) is 0 Å². The van der Waals surface area contributed by atoms with Gasteiger partial charge in [0, 0.05) is 15.4 Å². The maximum Gasteiger partial charge on any atom is 0.282 e. The van der Waals surface area contributed by atoms with Gasteiger partial charge in [-0.1, -0.05) is 50.9 Å². The number of rotatable bonds is 6. The molecule has 0 unspecified atom stereocenters. The Hall–Kier alpha value is -2.04. The predicted octanol–water partition coefficient (Wildman–Crippen LogP) is 6.55. The number of aromatic nitrogens is 2. The fraction of sp³-hybridized carbons (Fsp3) is 0.125. The van der Waals surface area contributed by atoms with E-state index in [-0.39, 0.29) is 5.56 Å². The van der Waals surface area contributed by atoms with E-state index in [9.17, 15) is 4.79 Å². The Morgan fingerprint density at radius 1 is 1.06 bits per heavy atom. The second-order valence-corrected chi connectivity index (χ2v) is 10.0. The Morgan fingerprint density at radius 2 is 1.81 bits per heavy atom. The van der Waals surface area contributed by atoms with Gasteiger partial charge in [-0.05, 0) is 82.2 Å². The summed E-state index contributed by atoms with van der Waals surface area (Å²) in [4.78, 5) is 17.6. The standard InChI is InChI=1S/C24H18Br2IN3O2/c1-2-23-29-21-9-8-18(26)12-19(21)24(31)30(23)28-13-16-5-10-22(20(27)11-16)32-14-15-3-6-17(25)7-4-15/h3-13H,2,14H2,1H3. The monoisotopic (exact) mass is 665 g/mol. The van der Waals surface area contributed by atoms with E-state index in [2.05, 4.69) is 64.5 Å². The van der Waals surface area contributed by atoms with Crippen molar-refractivity contribution in [2.75, 3.05) is 0 Å². The number of nitrogens with zero attached hydrogens (tertiary/aromatic N) is 3. The van der Waals surface area contributed by atoms with Crippen molar-refractivity contribution in [3.63, 3.8) is 0 Å². The van der Waals surface area contributed by atoms with Gasteiger partial charge in [0.1, 0.15) is 18.2 Å². The molecular weight excluding hydrogens is 649 g/mol. The summed E-state index contributed by atoms with van der Waals surface area (Å²) < 4.78 is 10.2. The molecule has 0 saturated heterocycles. The van der Waals surface area contributed by atoms with Crippen molar-refractivity contribution in [1.29, 1.82) is 0 Å². The summed E-state index contributed by atoms with van der Waals surface area (Å²) in [6, 6.07) is 19.3. The van der Waals surface area contributed by atoms with Gasteiger partial charge in [-0.25, -0.2) is 4.98 Å². The smallest absolute Gasteiger partial charge is 0.282 e. The molecule has 0 aliphatic heterocycles. The third kappa shape index (κ3) is 5.29. The van der Waals surface area contributed by atoms with E-state index in [0.717, 1.165) is 29.4 Å². The van der Waals surface area contributed by atoms with Gasteiger partial charge in [-0.15, -0.1) is 0 Å². The van der Waals surface area contributed by atoms with Crippen molar-refractivity contribution < 1.29 is 4.74 Å². The molecule has 32 heavy (non-hydrogen) atoms. The number of aryl methyl sites for hydroxylation is 1. The number of hydrogen-bond acceptors (Lipinski definition) is 4. The third-order valence-corrected chi connectivity index (χ3v) is 6.64. The molecule has 0 spiro atoms. The van der Waals surface area contributed by atoms with Crippen LogP contribution in [0, 0.1) is 3.57 Å². The first-order chi connectivity index (χ1) is 15.4. The van der Waals surface area contributed by atoms with Gasteiger partial charge in [0.15, 0.2) is 0 Å². The van der Waals surface area contributed by atoms with Gasteiger partial charge < -0.3 is 4.74 Å². The molecule has 5 nitrogen and oxygen atoms in total. The molecule has 0 atom stereocenters. The Kier molecular flexibility index (Phi) is 7.42. The van der Waals surface area contributed by atoms with E-state index < -0.39 is 0 Å². The Morgan fingerprint density at radius 3 is 2.53 bits per heavy atom. The molecule has 0 N–H and O–H groups in total. The molecule has 0 fully saturated rings. The molecule has 0 amide bonds. The molecule has 4 rings (SSSR count). The van der Waals surface area contributed by atoms with Crippen LogP contribution in [0.2, 0.25) is 0 Å². The molecule has 162 valence electrons. The predicted molar refractivity (Wildman–Crippen MR) is 144 cm³/mol. The highest BCUT2D eigenvalue weighted by Crippen LogP contribution is 2.23. The number of fused-ring (bicyclic) bond motifs is 1. The lowest BCUT2D eigenvalue weighted by Crippen LogP contribution is -2.22. The highest BCUT2D eigenvalue weighted by atomic mass is 127. The van der Waals surface area contributed by atoms with Crippen LogP contribution in [-0.4, -0.2) is 15.9 Å². The van der Waals surface area contributed by atoms with Crippen molar-refractivity contribution in [1.82, 2.24) is 9.66 Å². The molecular formula is C24H18Br2IN3O2. The largest absolute Gasteiger partial charge is 0.488 e. The van der Waals surface area contributed by atoms with Crippen molar-refractivity contribution in [3.8, 4) is 5.75 Å². The minimum Gasteiger partial charge on any atom is -0.488 e. The van der Waals surface area contributed by atoms with Crippen LogP contribution in [0.3, 0.4) is 0 Å². The van der Waals surface area contributed by atoms with Gasteiger partial charge in [0.25, 0.3) is 5.56 Å². The highest BCUT2D eigenvalue weighted by Gasteiger charge is 2.10. The first-order valence-corrected chi connectivity index (χ1v) is 12.5. The van der Waals surface area contributed by atoms with E-state index in [1.807, 2.05) is 61.5 Å². The summed E-state index contributed by atoms with van der Waals surface area (Å²) in [6.07, 6.45) is 2.27. The molecule has 0 bridgehead atoms. The number of benzene rings is 3. The zero-order chi connectivity index (χ0) is 22.7. The average molecular weight is 667 g/mol. The maximum absolute atomic E-state index is 13.0. The fourth-order valence-corrected chi connectivity index (χ4v) is 4.44. The van der Waals surface area contributed by atoms with Crippen LogP contribution >= 0.6 is 54.5 Å². The van der Waals surface area contributed by atoms with Crippen molar-refractivity contribution >= 4 is 71.6 Å². The van der Waals surface area contributed by atoms with Gasteiger partial charge in [0.05, 0.1) is 20.7 Å². The molecule has 0 saturated carbocycles. The lowest BCUT2D eigenvalue weighted by atomic mass is 10.2. The lowest BCUT2D eigenvalue weighted by molar-refractivity contribution is 0.304. The second-order valence-electron chi connectivity index (χ2n) is 7.01. The average Bonchev–Trinajstić information content (AvgIpc) is 2.79. The number of ether oxygens (including phenoxy) is 1. The van der Waals surface area contributed by atoms with Crippen LogP contribution < -0.4 is 10.3 Å². The van der Waals surface area contributed by atoms with E-state index in [4.69, 9.17) is 4.74 Å². The molecule has 4 aromatic rings. The van der Waals surface area contributed by atoms with E-state index >= 15 is 0 Å². The quantitative estimate of drug-likeness (QED) is 0.173. The van der Waals surface area contributed by atoms with Crippen molar-refractivity contribution in [2.24, 2.45) is 5.10 Å². The van der Waals surface area contributed by atoms with E-state index in [0.29, 0.717) is 29.8 Å². The number of halogens is 3. The summed E-state index contributed by atoms with van der Waals surface area (Å²) >= 11 is 9.10. The molecule has 3 aromatic carbocycles. The van der Waals surface area contributed by atoms with Crippen molar-refractivity contribution in [3.05, 3.63) is 100 Å². The summed E-state index contributed by atoms with van der Waals surface area (Å²) in [6.45, 7) is 2.45. The van der Waals surface area contributed by atoms with Crippen LogP contribution in [0.15, 0.2) is 79.5 Å². The van der Waals surface area contributed by atoms with E-state index in [1.54, 1.807) is 12.3 Å². The molecule has 8 heteroatoms. The molecule has 0 radical (unpaired) electrons. The summed E-state index contributed by atoms with van der Waals surface area (Å²) in [5, 5.41) is 4.98. The minimum absolute atomic E-state index is 0.187. The van der Waals surface area contributed by atoms with Gasteiger partial charge >= 0.3 is 0 Å². The van der Waals surface area contributed by atoms with Crippen LogP contribution in [0.4, 0.5) is 0 Å². The first kappa shape index (κ1) is 23.1. The molecule has 1 heterocycles. The second kappa shape index (κ2) is 10.3. The summed E-state index contributed by atoms with van der Waals surface area (Å²) in [5.41, 5.74) is 2.45. The molecule has 0 aliphatic rings. The van der Waals surface area contributed by atoms with E-state index in [1.165, 1.54) is 4.68 Å². The Balaban J connectivity index is 1.57. The van der Waals surface area contributed by atoms with Gasteiger partial charge in [-0.2, -0.15) is 9.78 Å². The first-order valence-electron chi connectivity index (χ1n) is 9.87. The van der Waals surface area contributed by atoms with Crippen LogP contribution in [0.5, 0.6) is 5.75 Å². The Labute approximate surface area is 215 Å². The summed E-state index contributed by atoms with van der Waals surface area (Å²) in [7, 11) is 0. The normalized spacial score (nSPS) is 11.4. The van der Waals surface area contributed by atoms with Crippen LogP contribution in [0.1, 0.15) is 23.9 Å². The third-order valence-electron chi connectivity index (χ3n) is 4.78. The number of hydrogen-bond donors (Lipinski definition) is 0. The zero-order valence-corrected chi connectivity index (χ0v) is 22.4. The SMILES string of the molecule is CCc1nc2ccc(Br)cc2c(=O)n1N=Cc1ccc(OCc2ccc(Br)cc2)c(I)c1. The topological polar surface area (TPSA) is 56.5 Å². The van der Waals surface area contributed by atoms with Gasteiger partial charge in [-0.3, -0.25) is 4.79 Å². The molecule has 1 aromatic heterocycles. The highest BCUT2D eigenvalue weighted by molar-refractivity contribution is 14.1. The lowest BCUT2D eigenvalue weighted by Gasteiger charge is -2.10. The summed E-state index contributed by atoms with van der Waals surface area (Å²) in [5.74, 6) is 1.42. The van der Waals surface area contributed by atoms with Crippen LogP contribution in [-0.2, 0) is 13.0 Å². The fourth-order valence-electron chi connectivity index (χ4n) is 3.12. The Bertz CT molecular complexity index is 1370. The van der Waals surface area contributed by atoms with Crippen molar-refractivity contribution in [2.45, 2.75) is 20.0 Å². The maximum atomic E-state index is 13.0. The van der Waals surface area contributed by atoms with Crippen LogP contribution in [0.25, 0.3) is 10.9 Å².